The SMILES string of the molecule is CCC(C)CC1(NC)CCC1. The van der Waals surface area contributed by atoms with Gasteiger partial charge in [-0.2, -0.15) is 0 Å². The fourth-order valence-corrected chi connectivity index (χ4v) is 1.97. The van der Waals surface area contributed by atoms with E-state index >= 15 is 0 Å². The Labute approximate surface area is 70.6 Å². The first-order chi connectivity index (χ1) is 5.22. The Morgan fingerprint density at radius 2 is 2.09 bits per heavy atom. The quantitative estimate of drug-likeness (QED) is 0.658. The maximum absolute atomic E-state index is 3.48. The third-order valence-electron chi connectivity index (χ3n) is 3.28. The lowest BCUT2D eigenvalue weighted by molar-refractivity contribution is 0.157. The number of nitrogens with one attached hydrogen (secondary N) is 1. The molecule has 66 valence electrons. The van der Waals surface area contributed by atoms with E-state index in [0.717, 1.165) is 5.92 Å². The second kappa shape index (κ2) is 3.57. The summed E-state index contributed by atoms with van der Waals surface area (Å²) in [6, 6.07) is 0. The van der Waals surface area contributed by atoms with Gasteiger partial charge in [0.05, 0.1) is 0 Å². The minimum absolute atomic E-state index is 0.537. The van der Waals surface area contributed by atoms with Crippen molar-refractivity contribution in [2.75, 3.05) is 7.05 Å². The summed E-state index contributed by atoms with van der Waals surface area (Å²) < 4.78 is 0. The van der Waals surface area contributed by atoms with Gasteiger partial charge in [0.2, 0.25) is 0 Å². The van der Waals surface area contributed by atoms with Crippen molar-refractivity contribution in [1.29, 1.82) is 0 Å². The lowest BCUT2D eigenvalue weighted by Gasteiger charge is -2.43. The normalized spacial score (nSPS) is 24.3. The molecule has 0 aromatic rings. The molecular weight excluding hydrogens is 134 g/mol. The molecule has 0 saturated heterocycles. The zero-order chi connectivity index (χ0) is 8.32. The van der Waals surface area contributed by atoms with Crippen LogP contribution in [-0.4, -0.2) is 12.6 Å². The van der Waals surface area contributed by atoms with Crippen molar-refractivity contribution >= 4 is 0 Å². The standard InChI is InChI=1S/C10H21N/c1-4-9(2)8-10(11-3)6-5-7-10/h9,11H,4-8H2,1-3H3. The van der Waals surface area contributed by atoms with Crippen LogP contribution in [0, 0.1) is 5.92 Å². The average Bonchev–Trinajstić information content (AvgIpc) is 1.96. The van der Waals surface area contributed by atoms with Gasteiger partial charge in [-0.05, 0) is 38.6 Å². The number of rotatable bonds is 4. The Kier molecular flexibility index (Phi) is 2.94. The fourth-order valence-electron chi connectivity index (χ4n) is 1.97. The summed E-state index contributed by atoms with van der Waals surface area (Å²) in [5.74, 6) is 0.891. The molecule has 1 rings (SSSR count). The molecule has 0 radical (unpaired) electrons. The molecule has 0 aromatic heterocycles. The van der Waals surface area contributed by atoms with E-state index in [0.29, 0.717) is 5.54 Å². The van der Waals surface area contributed by atoms with Gasteiger partial charge in [-0.3, -0.25) is 0 Å². The molecule has 1 unspecified atom stereocenters. The Morgan fingerprint density at radius 1 is 1.45 bits per heavy atom. The molecule has 0 spiro atoms. The molecule has 0 bridgehead atoms. The van der Waals surface area contributed by atoms with Crippen LogP contribution < -0.4 is 5.32 Å². The number of hydrogen-bond donors (Lipinski definition) is 1. The summed E-state index contributed by atoms with van der Waals surface area (Å²) in [4.78, 5) is 0. The van der Waals surface area contributed by atoms with Crippen LogP contribution in [0.3, 0.4) is 0 Å². The van der Waals surface area contributed by atoms with E-state index in [2.05, 4.69) is 26.2 Å². The van der Waals surface area contributed by atoms with Crippen LogP contribution in [0.5, 0.6) is 0 Å². The van der Waals surface area contributed by atoms with E-state index in [1.165, 1.54) is 32.1 Å². The van der Waals surface area contributed by atoms with Crippen LogP contribution in [0.15, 0.2) is 0 Å². The first kappa shape index (κ1) is 9.05. The van der Waals surface area contributed by atoms with Crippen LogP contribution >= 0.6 is 0 Å². The van der Waals surface area contributed by atoms with Crippen LogP contribution in [-0.2, 0) is 0 Å². The molecule has 0 aromatic carbocycles. The molecule has 1 atom stereocenters. The van der Waals surface area contributed by atoms with E-state index in [1.54, 1.807) is 0 Å². The third kappa shape index (κ3) is 1.96. The topological polar surface area (TPSA) is 12.0 Å². The maximum Gasteiger partial charge on any atom is 0.0181 e. The van der Waals surface area contributed by atoms with E-state index in [4.69, 9.17) is 0 Å². The molecular formula is C10H21N. The molecule has 1 heteroatoms. The zero-order valence-electron chi connectivity index (χ0n) is 8.11. The van der Waals surface area contributed by atoms with Crippen LogP contribution in [0.2, 0.25) is 0 Å². The van der Waals surface area contributed by atoms with Gasteiger partial charge in [0.1, 0.15) is 0 Å². The van der Waals surface area contributed by atoms with Crippen molar-refractivity contribution in [2.24, 2.45) is 5.92 Å². The largest absolute Gasteiger partial charge is 0.314 e. The highest BCUT2D eigenvalue weighted by atomic mass is 15.0. The van der Waals surface area contributed by atoms with Crippen LogP contribution in [0.25, 0.3) is 0 Å². The van der Waals surface area contributed by atoms with Crippen molar-refractivity contribution in [3.8, 4) is 0 Å². The summed E-state index contributed by atoms with van der Waals surface area (Å²) in [6.45, 7) is 4.64. The van der Waals surface area contributed by atoms with Gasteiger partial charge in [-0.15, -0.1) is 0 Å². The van der Waals surface area contributed by atoms with Crippen LogP contribution in [0.1, 0.15) is 46.0 Å². The van der Waals surface area contributed by atoms with Crippen LogP contribution in [0.4, 0.5) is 0 Å². The predicted molar refractivity (Wildman–Crippen MR) is 49.7 cm³/mol. The molecule has 1 fully saturated rings. The fraction of sp³-hybridized carbons (Fsp3) is 1.00. The highest BCUT2D eigenvalue weighted by Crippen LogP contribution is 2.37. The Balaban J connectivity index is 2.32. The van der Waals surface area contributed by atoms with E-state index in [1.807, 2.05) is 0 Å². The lowest BCUT2D eigenvalue weighted by atomic mass is 9.71. The molecule has 1 nitrogen and oxygen atoms in total. The molecule has 1 saturated carbocycles. The minimum atomic E-state index is 0.537. The smallest absolute Gasteiger partial charge is 0.0181 e. The van der Waals surface area contributed by atoms with E-state index in [-0.39, 0.29) is 0 Å². The molecule has 11 heavy (non-hydrogen) atoms. The Morgan fingerprint density at radius 3 is 2.36 bits per heavy atom. The first-order valence-corrected chi connectivity index (χ1v) is 4.91. The van der Waals surface area contributed by atoms with Gasteiger partial charge >= 0.3 is 0 Å². The van der Waals surface area contributed by atoms with E-state index < -0.39 is 0 Å². The number of hydrogen-bond acceptors (Lipinski definition) is 1. The summed E-state index contributed by atoms with van der Waals surface area (Å²) in [5.41, 5.74) is 0.537. The van der Waals surface area contributed by atoms with Gasteiger partial charge < -0.3 is 5.32 Å². The van der Waals surface area contributed by atoms with E-state index in [9.17, 15) is 0 Å². The Hall–Kier alpha value is -0.0400. The molecule has 1 N–H and O–H groups in total. The monoisotopic (exact) mass is 155 g/mol. The molecule has 0 heterocycles. The lowest BCUT2D eigenvalue weighted by Crippen LogP contribution is -2.50. The maximum atomic E-state index is 3.48. The van der Waals surface area contributed by atoms with Gasteiger partial charge in [0.15, 0.2) is 0 Å². The molecule has 1 aliphatic carbocycles. The van der Waals surface area contributed by atoms with Gasteiger partial charge in [-0.1, -0.05) is 20.3 Å². The Bertz CT molecular complexity index is 111. The van der Waals surface area contributed by atoms with Gasteiger partial charge in [0, 0.05) is 5.54 Å². The summed E-state index contributed by atoms with van der Waals surface area (Å²) in [7, 11) is 2.11. The van der Waals surface area contributed by atoms with Crippen molar-refractivity contribution in [3.63, 3.8) is 0 Å². The molecule has 0 aliphatic heterocycles. The van der Waals surface area contributed by atoms with Gasteiger partial charge in [0.25, 0.3) is 0 Å². The van der Waals surface area contributed by atoms with Crippen molar-refractivity contribution < 1.29 is 0 Å². The van der Waals surface area contributed by atoms with Crippen molar-refractivity contribution in [1.82, 2.24) is 5.32 Å². The highest BCUT2D eigenvalue weighted by Gasteiger charge is 2.35. The second-order valence-electron chi connectivity index (χ2n) is 4.10. The zero-order valence-corrected chi connectivity index (χ0v) is 8.11. The van der Waals surface area contributed by atoms with Crippen molar-refractivity contribution in [3.05, 3.63) is 0 Å². The second-order valence-corrected chi connectivity index (χ2v) is 4.10. The molecule has 1 aliphatic rings. The summed E-state index contributed by atoms with van der Waals surface area (Å²) in [5, 5.41) is 3.48. The highest BCUT2D eigenvalue weighted by molar-refractivity contribution is 4.95. The molecule has 0 amide bonds. The first-order valence-electron chi connectivity index (χ1n) is 4.91. The summed E-state index contributed by atoms with van der Waals surface area (Å²) in [6.07, 6.45) is 6.92. The van der Waals surface area contributed by atoms with Crippen molar-refractivity contribution in [2.45, 2.75) is 51.5 Å². The average molecular weight is 155 g/mol. The predicted octanol–water partition coefficient (Wildman–Crippen LogP) is 2.56. The third-order valence-corrected chi connectivity index (χ3v) is 3.28. The summed E-state index contributed by atoms with van der Waals surface area (Å²) >= 11 is 0. The minimum Gasteiger partial charge on any atom is -0.314 e. The van der Waals surface area contributed by atoms with Gasteiger partial charge in [-0.25, -0.2) is 0 Å².